The number of nitrogens with zero attached hydrogens (tertiary/aromatic N) is 2. The number of nitrogens with one attached hydrogen (secondary N) is 1. The Morgan fingerprint density at radius 1 is 1.09 bits per heavy atom. The number of rotatable bonds is 6. The first-order valence-electron chi connectivity index (χ1n) is 11.7. The molecule has 4 heterocycles. The van der Waals surface area contributed by atoms with Crippen molar-refractivity contribution in [2.24, 2.45) is 0 Å². The molecule has 3 aromatic rings. The fraction of sp³-hybridized carbons (Fsp3) is 0.385. The third-order valence-corrected chi connectivity index (χ3v) is 8.76. The summed E-state index contributed by atoms with van der Waals surface area (Å²) < 4.78 is 5.43. The number of amides is 2. The standard InChI is InChI=1S/C26H29N3O3S2/c1-18-23(26(31)28-12-14-32-15-13-28)25(34-24(18)19-7-3-2-4-8-19)27-22(30)17-29-11-5-9-20(29)21-10-6-16-33-21/h2-4,6-8,10,16,20H,5,9,11-15,17H2,1H3,(H,27,30). The molecule has 2 aliphatic rings. The van der Waals surface area contributed by atoms with Gasteiger partial charge in [0.05, 0.1) is 25.3 Å². The van der Waals surface area contributed by atoms with Gasteiger partial charge in [0, 0.05) is 28.9 Å². The summed E-state index contributed by atoms with van der Waals surface area (Å²) in [5.41, 5.74) is 2.58. The van der Waals surface area contributed by atoms with Crippen molar-refractivity contribution < 1.29 is 14.3 Å². The number of morpholine rings is 1. The van der Waals surface area contributed by atoms with Crippen LogP contribution in [0.4, 0.5) is 5.00 Å². The van der Waals surface area contributed by atoms with E-state index in [0.29, 0.717) is 49.5 Å². The normalized spacial score (nSPS) is 18.9. The summed E-state index contributed by atoms with van der Waals surface area (Å²) in [6, 6.07) is 14.6. The molecular formula is C26H29N3O3S2. The van der Waals surface area contributed by atoms with Crippen molar-refractivity contribution in [1.82, 2.24) is 9.80 Å². The van der Waals surface area contributed by atoms with Gasteiger partial charge in [-0.2, -0.15) is 0 Å². The second-order valence-electron chi connectivity index (χ2n) is 8.72. The van der Waals surface area contributed by atoms with Crippen LogP contribution in [0.15, 0.2) is 47.8 Å². The van der Waals surface area contributed by atoms with Gasteiger partial charge in [0.2, 0.25) is 5.91 Å². The summed E-state index contributed by atoms with van der Waals surface area (Å²) in [6.07, 6.45) is 2.16. The number of likely N-dealkylation sites (tertiary alicyclic amines) is 1. The Bertz CT molecular complexity index is 1140. The lowest BCUT2D eigenvalue weighted by Crippen LogP contribution is -2.41. The number of benzene rings is 1. The van der Waals surface area contributed by atoms with Gasteiger partial charge in [0.25, 0.3) is 5.91 Å². The number of carbonyl (C=O) groups excluding carboxylic acids is 2. The molecule has 2 fully saturated rings. The molecule has 1 atom stereocenters. The van der Waals surface area contributed by atoms with Crippen molar-refractivity contribution in [3.05, 3.63) is 63.8 Å². The van der Waals surface area contributed by atoms with Crippen LogP contribution in [-0.2, 0) is 9.53 Å². The van der Waals surface area contributed by atoms with Gasteiger partial charge in [-0.1, -0.05) is 36.4 Å². The Labute approximate surface area is 208 Å². The summed E-state index contributed by atoms with van der Waals surface area (Å²) in [5, 5.41) is 5.85. The number of hydrogen-bond acceptors (Lipinski definition) is 6. The first-order chi connectivity index (χ1) is 16.6. The van der Waals surface area contributed by atoms with Crippen molar-refractivity contribution in [3.8, 4) is 10.4 Å². The van der Waals surface area contributed by atoms with Gasteiger partial charge in [-0.15, -0.1) is 22.7 Å². The minimum absolute atomic E-state index is 0.0350. The van der Waals surface area contributed by atoms with Crippen LogP contribution in [0.3, 0.4) is 0 Å². The first-order valence-corrected chi connectivity index (χ1v) is 13.4. The minimum atomic E-state index is -0.0691. The smallest absolute Gasteiger partial charge is 0.257 e. The van der Waals surface area contributed by atoms with E-state index >= 15 is 0 Å². The molecule has 0 saturated carbocycles. The lowest BCUT2D eigenvalue weighted by molar-refractivity contribution is -0.117. The maximum Gasteiger partial charge on any atom is 0.257 e. The van der Waals surface area contributed by atoms with Crippen LogP contribution >= 0.6 is 22.7 Å². The number of hydrogen-bond donors (Lipinski definition) is 1. The molecule has 178 valence electrons. The minimum Gasteiger partial charge on any atom is -0.378 e. The molecule has 2 amide bonds. The van der Waals surface area contributed by atoms with Gasteiger partial charge in [-0.05, 0) is 48.9 Å². The van der Waals surface area contributed by atoms with Gasteiger partial charge < -0.3 is 15.0 Å². The van der Waals surface area contributed by atoms with Crippen LogP contribution in [-0.4, -0.2) is 61.0 Å². The van der Waals surface area contributed by atoms with E-state index in [4.69, 9.17) is 4.74 Å². The molecule has 0 bridgehead atoms. The fourth-order valence-corrected chi connectivity index (χ4v) is 6.93. The van der Waals surface area contributed by atoms with Gasteiger partial charge in [-0.3, -0.25) is 14.5 Å². The van der Waals surface area contributed by atoms with Crippen molar-refractivity contribution in [3.63, 3.8) is 0 Å². The number of carbonyl (C=O) groups is 2. The molecular weight excluding hydrogens is 466 g/mol. The molecule has 0 aliphatic carbocycles. The Morgan fingerprint density at radius 2 is 1.88 bits per heavy atom. The molecule has 34 heavy (non-hydrogen) atoms. The predicted molar refractivity (Wildman–Crippen MR) is 138 cm³/mol. The Balaban J connectivity index is 1.40. The second kappa shape index (κ2) is 10.4. The van der Waals surface area contributed by atoms with E-state index < -0.39 is 0 Å². The number of ether oxygens (including phenoxy) is 1. The molecule has 8 heteroatoms. The highest BCUT2D eigenvalue weighted by molar-refractivity contribution is 7.20. The van der Waals surface area contributed by atoms with Gasteiger partial charge in [0.15, 0.2) is 0 Å². The molecule has 2 aliphatic heterocycles. The van der Waals surface area contributed by atoms with Crippen LogP contribution in [0, 0.1) is 6.92 Å². The fourth-order valence-electron chi connectivity index (χ4n) is 4.82. The number of anilines is 1. The Hall–Kier alpha value is -2.52. The van der Waals surface area contributed by atoms with Crippen molar-refractivity contribution in [1.29, 1.82) is 0 Å². The third kappa shape index (κ3) is 4.81. The molecule has 1 aromatic carbocycles. The zero-order chi connectivity index (χ0) is 23.5. The number of thiophene rings is 2. The molecule has 6 nitrogen and oxygen atoms in total. The first kappa shape index (κ1) is 23.2. The molecule has 0 spiro atoms. The second-order valence-corrected chi connectivity index (χ2v) is 10.7. The van der Waals surface area contributed by atoms with E-state index in [1.54, 1.807) is 11.3 Å². The Morgan fingerprint density at radius 3 is 2.62 bits per heavy atom. The molecule has 5 rings (SSSR count). The molecule has 2 saturated heterocycles. The zero-order valence-electron chi connectivity index (χ0n) is 19.3. The monoisotopic (exact) mass is 495 g/mol. The van der Waals surface area contributed by atoms with Crippen molar-refractivity contribution >= 4 is 39.5 Å². The van der Waals surface area contributed by atoms with E-state index in [9.17, 15) is 9.59 Å². The van der Waals surface area contributed by atoms with E-state index in [-0.39, 0.29) is 11.8 Å². The van der Waals surface area contributed by atoms with Gasteiger partial charge in [0.1, 0.15) is 5.00 Å². The lowest BCUT2D eigenvalue weighted by Gasteiger charge is -2.27. The van der Waals surface area contributed by atoms with Crippen LogP contribution in [0.1, 0.15) is 39.7 Å². The molecule has 2 aromatic heterocycles. The highest BCUT2D eigenvalue weighted by Gasteiger charge is 2.31. The highest BCUT2D eigenvalue weighted by Crippen LogP contribution is 2.41. The van der Waals surface area contributed by atoms with Crippen LogP contribution in [0.25, 0.3) is 10.4 Å². The third-order valence-electron chi connectivity index (χ3n) is 6.53. The maximum absolute atomic E-state index is 13.5. The quantitative estimate of drug-likeness (QED) is 0.521. The van der Waals surface area contributed by atoms with E-state index in [1.165, 1.54) is 16.2 Å². The molecule has 1 unspecified atom stereocenters. The summed E-state index contributed by atoms with van der Waals surface area (Å²) in [6.45, 7) is 5.44. The summed E-state index contributed by atoms with van der Waals surface area (Å²) in [5.74, 6) is -0.104. The molecule has 1 N–H and O–H groups in total. The van der Waals surface area contributed by atoms with Crippen molar-refractivity contribution in [2.75, 3.05) is 44.7 Å². The zero-order valence-corrected chi connectivity index (χ0v) is 20.9. The summed E-state index contributed by atoms with van der Waals surface area (Å²) >= 11 is 3.24. The predicted octanol–water partition coefficient (Wildman–Crippen LogP) is 5.03. The van der Waals surface area contributed by atoms with Crippen molar-refractivity contribution in [2.45, 2.75) is 25.8 Å². The van der Waals surface area contributed by atoms with Gasteiger partial charge >= 0.3 is 0 Å². The maximum atomic E-state index is 13.5. The molecule has 0 radical (unpaired) electrons. The SMILES string of the molecule is Cc1c(-c2ccccc2)sc(NC(=O)CN2CCCC2c2cccs2)c1C(=O)N1CCOCC1. The summed E-state index contributed by atoms with van der Waals surface area (Å²) in [4.78, 5) is 33.2. The Kier molecular flexibility index (Phi) is 7.10. The highest BCUT2D eigenvalue weighted by atomic mass is 32.1. The topological polar surface area (TPSA) is 61.9 Å². The summed E-state index contributed by atoms with van der Waals surface area (Å²) in [7, 11) is 0. The van der Waals surface area contributed by atoms with Crippen LogP contribution < -0.4 is 5.32 Å². The van der Waals surface area contributed by atoms with Gasteiger partial charge in [-0.25, -0.2) is 0 Å². The average Bonchev–Trinajstić information content (AvgIpc) is 3.61. The van der Waals surface area contributed by atoms with E-state index in [0.717, 1.165) is 35.4 Å². The van der Waals surface area contributed by atoms with Crippen LogP contribution in [0.5, 0.6) is 0 Å². The van der Waals surface area contributed by atoms with Crippen LogP contribution in [0.2, 0.25) is 0 Å². The largest absolute Gasteiger partial charge is 0.378 e. The van der Waals surface area contributed by atoms with E-state index in [1.807, 2.05) is 42.2 Å². The van der Waals surface area contributed by atoms with E-state index in [2.05, 4.69) is 27.7 Å². The average molecular weight is 496 g/mol. The lowest BCUT2D eigenvalue weighted by atomic mass is 10.1.